The average molecular weight is 404 g/mol. The van der Waals surface area contributed by atoms with Crippen LogP contribution in [-0.4, -0.2) is 52.7 Å². The average Bonchev–Trinajstić information content (AvgIpc) is 3.27. The van der Waals surface area contributed by atoms with Gasteiger partial charge in [0.25, 0.3) is 0 Å². The van der Waals surface area contributed by atoms with E-state index in [1.165, 1.54) is 17.5 Å². The van der Waals surface area contributed by atoms with Gasteiger partial charge in [0.1, 0.15) is 12.0 Å². The number of aromatic nitrogens is 1. The maximum atomic E-state index is 11.7. The molecular formula is C24H29N5O. The Balaban J connectivity index is 1.11. The Morgan fingerprint density at radius 1 is 1.20 bits per heavy atom. The number of fused-ring (bicyclic) bond motifs is 1. The largest absolute Gasteiger partial charge is 0.357 e. The van der Waals surface area contributed by atoms with E-state index in [-0.39, 0.29) is 6.17 Å². The van der Waals surface area contributed by atoms with E-state index in [4.69, 9.17) is 5.41 Å². The first-order valence-corrected chi connectivity index (χ1v) is 10.9. The van der Waals surface area contributed by atoms with Crippen LogP contribution in [0, 0.1) is 16.7 Å². The van der Waals surface area contributed by atoms with Crippen molar-refractivity contribution < 1.29 is 4.79 Å². The topological polar surface area (TPSA) is 72.3 Å². The summed E-state index contributed by atoms with van der Waals surface area (Å²) in [5.74, 6) is 1.28. The lowest BCUT2D eigenvalue weighted by Gasteiger charge is -2.35. The Labute approximate surface area is 177 Å². The molecule has 0 amide bonds. The van der Waals surface area contributed by atoms with Crippen molar-refractivity contribution in [2.45, 2.75) is 38.5 Å². The Morgan fingerprint density at radius 3 is 2.70 bits per heavy atom. The predicted molar refractivity (Wildman–Crippen MR) is 116 cm³/mol. The Bertz CT molecular complexity index is 897. The fourth-order valence-electron chi connectivity index (χ4n) is 5.26. The van der Waals surface area contributed by atoms with E-state index in [1.54, 1.807) is 0 Å². The second kappa shape index (κ2) is 7.93. The molecule has 2 aromatic rings. The summed E-state index contributed by atoms with van der Waals surface area (Å²) in [5.41, 5.74) is 3.90. The molecule has 1 aliphatic carbocycles. The number of carbonyl (C=O) groups is 1. The van der Waals surface area contributed by atoms with Gasteiger partial charge in [-0.05, 0) is 47.8 Å². The zero-order valence-corrected chi connectivity index (χ0v) is 17.3. The molecule has 2 fully saturated rings. The lowest BCUT2D eigenvalue weighted by atomic mass is 9.90. The lowest BCUT2D eigenvalue weighted by Crippen LogP contribution is -2.45. The molecule has 2 atom stereocenters. The Hall–Kier alpha value is -2.57. The monoisotopic (exact) mass is 403 g/mol. The van der Waals surface area contributed by atoms with Crippen LogP contribution < -0.4 is 5.32 Å². The van der Waals surface area contributed by atoms with Crippen LogP contribution in [-0.2, 0) is 17.9 Å². The van der Waals surface area contributed by atoms with Crippen LogP contribution in [0.4, 0.5) is 0 Å². The molecule has 30 heavy (non-hydrogen) atoms. The highest BCUT2D eigenvalue weighted by Crippen LogP contribution is 2.59. The fourth-order valence-corrected chi connectivity index (χ4v) is 5.26. The van der Waals surface area contributed by atoms with Crippen molar-refractivity contribution in [2.75, 3.05) is 19.6 Å². The van der Waals surface area contributed by atoms with E-state index in [1.807, 2.05) is 48.8 Å². The maximum Gasteiger partial charge on any atom is 0.151 e. The second-order valence-electron chi connectivity index (χ2n) is 9.00. The van der Waals surface area contributed by atoms with E-state index in [2.05, 4.69) is 20.1 Å². The summed E-state index contributed by atoms with van der Waals surface area (Å²) in [6.07, 6.45) is 8.06. The number of aldehydes is 1. The second-order valence-corrected chi connectivity index (χ2v) is 9.00. The van der Waals surface area contributed by atoms with Crippen LogP contribution in [0.3, 0.4) is 0 Å². The quantitative estimate of drug-likeness (QED) is 0.441. The van der Waals surface area contributed by atoms with Crippen molar-refractivity contribution in [1.82, 2.24) is 20.1 Å². The molecule has 0 radical (unpaired) electrons. The van der Waals surface area contributed by atoms with Crippen molar-refractivity contribution in [3.63, 3.8) is 0 Å². The highest BCUT2D eigenvalue weighted by atomic mass is 16.1. The number of hydrogen-bond donors (Lipinski definition) is 2. The van der Waals surface area contributed by atoms with Crippen LogP contribution in [0.15, 0.2) is 48.8 Å². The van der Waals surface area contributed by atoms with Gasteiger partial charge in [-0.2, -0.15) is 0 Å². The van der Waals surface area contributed by atoms with E-state index in [9.17, 15) is 4.79 Å². The first kappa shape index (κ1) is 19.4. The Kier molecular flexibility index (Phi) is 5.13. The van der Waals surface area contributed by atoms with E-state index >= 15 is 0 Å². The summed E-state index contributed by atoms with van der Waals surface area (Å²) >= 11 is 0. The zero-order chi connectivity index (χ0) is 20.6. The summed E-state index contributed by atoms with van der Waals surface area (Å²) in [7, 11) is 0. The Morgan fingerprint density at radius 2 is 1.97 bits per heavy atom. The SMILES string of the molecule is N=C(c1ccccc1)N1CCC2(CC1)CC2CNC(C=O)N1Cc2ccncc2C1. The lowest BCUT2D eigenvalue weighted by molar-refractivity contribution is -0.113. The molecule has 3 aliphatic rings. The molecule has 1 aromatic carbocycles. The summed E-state index contributed by atoms with van der Waals surface area (Å²) in [4.78, 5) is 20.4. The number of benzene rings is 1. The fraction of sp³-hybridized carbons (Fsp3) is 0.458. The number of rotatable bonds is 6. The van der Waals surface area contributed by atoms with E-state index < -0.39 is 0 Å². The zero-order valence-electron chi connectivity index (χ0n) is 17.3. The van der Waals surface area contributed by atoms with Crippen molar-refractivity contribution >= 4 is 12.1 Å². The van der Waals surface area contributed by atoms with Crippen LogP contribution in [0.1, 0.15) is 36.0 Å². The third-order valence-electron chi connectivity index (χ3n) is 7.33. The first-order valence-electron chi connectivity index (χ1n) is 10.9. The molecule has 156 valence electrons. The van der Waals surface area contributed by atoms with E-state index in [0.717, 1.165) is 57.4 Å². The molecule has 2 unspecified atom stereocenters. The van der Waals surface area contributed by atoms with Crippen molar-refractivity contribution in [3.05, 3.63) is 65.5 Å². The van der Waals surface area contributed by atoms with Gasteiger partial charge in [-0.25, -0.2) is 0 Å². The third-order valence-corrected chi connectivity index (χ3v) is 7.33. The number of hydrogen-bond acceptors (Lipinski definition) is 5. The highest BCUT2D eigenvalue weighted by molar-refractivity contribution is 5.96. The van der Waals surface area contributed by atoms with Gasteiger partial charge in [-0.3, -0.25) is 20.6 Å². The molecule has 6 heteroatoms. The molecule has 2 N–H and O–H groups in total. The van der Waals surface area contributed by atoms with Gasteiger partial charge in [-0.15, -0.1) is 0 Å². The number of piperidine rings is 1. The molecule has 1 spiro atoms. The van der Waals surface area contributed by atoms with Gasteiger partial charge in [-0.1, -0.05) is 30.3 Å². The molecule has 1 saturated heterocycles. The van der Waals surface area contributed by atoms with Crippen LogP contribution in [0.5, 0.6) is 0 Å². The van der Waals surface area contributed by atoms with Crippen molar-refractivity contribution in [1.29, 1.82) is 5.41 Å². The van der Waals surface area contributed by atoms with Gasteiger partial charge in [0, 0.05) is 50.7 Å². The molecule has 5 rings (SSSR count). The number of amidine groups is 1. The van der Waals surface area contributed by atoms with Gasteiger partial charge in [0.2, 0.25) is 0 Å². The number of pyridine rings is 1. The van der Waals surface area contributed by atoms with E-state index in [0.29, 0.717) is 17.2 Å². The normalized spacial score (nSPS) is 23.2. The van der Waals surface area contributed by atoms with Gasteiger partial charge < -0.3 is 9.69 Å². The van der Waals surface area contributed by atoms with Gasteiger partial charge in [0.05, 0.1) is 0 Å². The number of nitrogens with one attached hydrogen (secondary N) is 2. The van der Waals surface area contributed by atoms with Gasteiger partial charge in [0.15, 0.2) is 6.29 Å². The summed E-state index contributed by atoms with van der Waals surface area (Å²) in [6, 6.07) is 12.1. The molecule has 3 heterocycles. The number of carbonyl (C=O) groups excluding carboxylic acids is 1. The van der Waals surface area contributed by atoms with Crippen LogP contribution in [0.25, 0.3) is 0 Å². The molecule has 2 aliphatic heterocycles. The molecule has 1 aromatic heterocycles. The summed E-state index contributed by atoms with van der Waals surface area (Å²) < 4.78 is 0. The van der Waals surface area contributed by atoms with Crippen molar-refractivity contribution in [2.24, 2.45) is 11.3 Å². The van der Waals surface area contributed by atoms with Crippen LogP contribution >= 0.6 is 0 Å². The predicted octanol–water partition coefficient (Wildman–Crippen LogP) is 2.64. The molecule has 1 saturated carbocycles. The minimum absolute atomic E-state index is 0.235. The number of nitrogens with zero attached hydrogens (tertiary/aromatic N) is 3. The summed E-state index contributed by atoms with van der Waals surface area (Å²) in [6.45, 7) is 4.39. The highest BCUT2D eigenvalue weighted by Gasteiger charge is 2.54. The first-order chi connectivity index (χ1) is 14.7. The standard InChI is InChI=1S/C24H29N5O/c25-23(18-4-2-1-3-5-18)28-10-7-24(8-11-28)12-21(24)14-27-22(17-30)29-15-19-6-9-26-13-20(19)16-29/h1-6,9,13,17,21-22,25,27H,7-8,10-12,14-16H2. The minimum atomic E-state index is -0.235. The molecular weight excluding hydrogens is 374 g/mol. The van der Waals surface area contributed by atoms with Crippen molar-refractivity contribution in [3.8, 4) is 0 Å². The van der Waals surface area contributed by atoms with Gasteiger partial charge >= 0.3 is 0 Å². The maximum absolute atomic E-state index is 11.7. The molecule has 6 nitrogen and oxygen atoms in total. The third kappa shape index (κ3) is 3.66. The van der Waals surface area contributed by atoms with Crippen LogP contribution in [0.2, 0.25) is 0 Å². The smallest absolute Gasteiger partial charge is 0.151 e. The minimum Gasteiger partial charge on any atom is -0.357 e. The number of likely N-dealkylation sites (tertiary alicyclic amines) is 1. The molecule has 0 bridgehead atoms. The summed E-state index contributed by atoms with van der Waals surface area (Å²) in [5, 5.41) is 12.0.